The molecule has 2 aromatic rings. The number of alkyl halides is 1. The van der Waals surface area contributed by atoms with Crippen LogP contribution in [0.5, 0.6) is 0 Å². The first kappa shape index (κ1) is 11.6. The van der Waals surface area contributed by atoms with Gasteiger partial charge in [0, 0.05) is 16.3 Å². The van der Waals surface area contributed by atoms with E-state index in [0.717, 1.165) is 16.0 Å². The lowest BCUT2D eigenvalue weighted by Gasteiger charge is -2.24. The molecule has 0 radical (unpaired) electrons. The second-order valence-corrected chi connectivity index (χ2v) is 5.94. The summed E-state index contributed by atoms with van der Waals surface area (Å²) in [5.41, 5.74) is -0.168. The van der Waals surface area contributed by atoms with Crippen LogP contribution in [0.2, 0.25) is 0 Å². The van der Waals surface area contributed by atoms with Gasteiger partial charge in [0.15, 0.2) is 0 Å². The molecule has 0 aromatic carbocycles. The quantitative estimate of drug-likeness (QED) is 0.854. The highest BCUT2D eigenvalue weighted by Crippen LogP contribution is 2.29. The van der Waals surface area contributed by atoms with Gasteiger partial charge >= 0.3 is 0 Å². The number of nitrogens with zero attached hydrogens (tertiary/aromatic N) is 2. The zero-order valence-corrected chi connectivity index (χ0v) is 11.1. The summed E-state index contributed by atoms with van der Waals surface area (Å²) in [5, 5.41) is 4.42. The number of thiophene rings is 1. The van der Waals surface area contributed by atoms with Crippen LogP contribution < -0.4 is 5.32 Å². The maximum atomic E-state index is 5.90. The van der Waals surface area contributed by atoms with E-state index in [1.807, 2.05) is 13.8 Å². The first-order chi connectivity index (χ1) is 7.52. The van der Waals surface area contributed by atoms with Gasteiger partial charge in [-0.15, -0.1) is 22.9 Å². The SMILES string of the molecule is Cc1cc2c(NC(C)(C)CCl)ncnc2s1. The molecule has 0 atom stereocenters. The van der Waals surface area contributed by atoms with E-state index < -0.39 is 0 Å². The maximum absolute atomic E-state index is 5.90. The molecule has 0 spiro atoms. The molecule has 0 aliphatic heterocycles. The molecule has 16 heavy (non-hydrogen) atoms. The molecule has 2 aromatic heterocycles. The topological polar surface area (TPSA) is 37.8 Å². The summed E-state index contributed by atoms with van der Waals surface area (Å²) < 4.78 is 0. The van der Waals surface area contributed by atoms with Gasteiger partial charge in [-0.05, 0) is 26.8 Å². The molecule has 86 valence electrons. The van der Waals surface area contributed by atoms with Crippen LogP contribution >= 0.6 is 22.9 Å². The smallest absolute Gasteiger partial charge is 0.138 e. The average molecular weight is 256 g/mol. The van der Waals surface area contributed by atoms with Crippen molar-refractivity contribution in [3.05, 3.63) is 17.3 Å². The molecule has 0 aliphatic carbocycles. The summed E-state index contributed by atoms with van der Waals surface area (Å²) in [6.07, 6.45) is 1.59. The third-order valence-corrected chi connectivity index (χ3v) is 3.87. The van der Waals surface area contributed by atoms with E-state index in [4.69, 9.17) is 11.6 Å². The Morgan fingerprint density at radius 3 is 2.88 bits per heavy atom. The second-order valence-electron chi connectivity index (χ2n) is 4.44. The number of halogens is 1. The zero-order valence-electron chi connectivity index (χ0n) is 9.54. The van der Waals surface area contributed by atoms with Crippen molar-refractivity contribution in [1.82, 2.24) is 9.97 Å². The number of rotatable bonds is 3. The van der Waals surface area contributed by atoms with Crippen LogP contribution in [0.1, 0.15) is 18.7 Å². The number of fused-ring (bicyclic) bond motifs is 1. The lowest BCUT2D eigenvalue weighted by atomic mass is 10.1. The summed E-state index contributed by atoms with van der Waals surface area (Å²) in [4.78, 5) is 10.8. The normalized spacial score (nSPS) is 12.0. The van der Waals surface area contributed by atoms with Gasteiger partial charge in [0.05, 0.1) is 5.39 Å². The third-order valence-electron chi connectivity index (χ3n) is 2.24. The van der Waals surface area contributed by atoms with Crippen LogP contribution in [-0.4, -0.2) is 21.4 Å². The fourth-order valence-corrected chi connectivity index (χ4v) is 2.34. The zero-order chi connectivity index (χ0) is 11.8. The van der Waals surface area contributed by atoms with E-state index >= 15 is 0 Å². The molecule has 0 fully saturated rings. The van der Waals surface area contributed by atoms with Gasteiger partial charge in [0.2, 0.25) is 0 Å². The molecular weight excluding hydrogens is 242 g/mol. The van der Waals surface area contributed by atoms with Crippen molar-refractivity contribution in [2.24, 2.45) is 0 Å². The highest BCUT2D eigenvalue weighted by Gasteiger charge is 2.18. The molecule has 3 nitrogen and oxygen atoms in total. The number of aryl methyl sites for hydroxylation is 1. The van der Waals surface area contributed by atoms with Crippen LogP contribution in [0.4, 0.5) is 5.82 Å². The van der Waals surface area contributed by atoms with E-state index in [9.17, 15) is 0 Å². The van der Waals surface area contributed by atoms with E-state index in [1.165, 1.54) is 4.88 Å². The van der Waals surface area contributed by atoms with Crippen LogP contribution in [0, 0.1) is 6.92 Å². The lowest BCUT2D eigenvalue weighted by Crippen LogP contribution is -2.33. The third kappa shape index (κ3) is 2.28. The van der Waals surface area contributed by atoms with Gasteiger partial charge < -0.3 is 5.32 Å². The Morgan fingerprint density at radius 1 is 1.44 bits per heavy atom. The summed E-state index contributed by atoms with van der Waals surface area (Å²) in [7, 11) is 0. The number of nitrogens with one attached hydrogen (secondary N) is 1. The molecule has 5 heteroatoms. The minimum atomic E-state index is -0.168. The van der Waals surface area contributed by atoms with Gasteiger partial charge in [0.25, 0.3) is 0 Å². The van der Waals surface area contributed by atoms with Crippen LogP contribution in [0.3, 0.4) is 0 Å². The summed E-state index contributed by atoms with van der Waals surface area (Å²) in [5.74, 6) is 1.39. The molecule has 0 bridgehead atoms. The number of hydrogen-bond donors (Lipinski definition) is 1. The largest absolute Gasteiger partial charge is 0.363 e. The van der Waals surface area contributed by atoms with Gasteiger partial charge in [-0.1, -0.05) is 0 Å². The Balaban J connectivity index is 2.44. The molecule has 0 saturated carbocycles. The Hall–Kier alpha value is -0.870. The van der Waals surface area contributed by atoms with Gasteiger partial charge in [-0.25, -0.2) is 9.97 Å². The minimum Gasteiger partial charge on any atom is -0.363 e. The fourth-order valence-electron chi connectivity index (χ4n) is 1.43. The molecule has 0 aliphatic rings. The van der Waals surface area contributed by atoms with Crippen molar-refractivity contribution >= 4 is 39.0 Å². The number of anilines is 1. The first-order valence-electron chi connectivity index (χ1n) is 5.07. The van der Waals surface area contributed by atoms with Crippen molar-refractivity contribution in [2.75, 3.05) is 11.2 Å². The van der Waals surface area contributed by atoms with Gasteiger partial charge in [-0.2, -0.15) is 0 Å². The highest BCUT2D eigenvalue weighted by atomic mass is 35.5. The summed E-state index contributed by atoms with van der Waals surface area (Å²) >= 11 is 7.57. The molecule has 2 heterocycles. The molecular formula is C11H14ClN3S. The Labute approximate surface area is 104 Å². The van der Waals surface area contributed by atoms with Crippen molar-refractivity contribution in [1.29, 1.82) is 0 Å². The first-order valence-corrected chi connectivity index (χ1v) is 6.42. The molecule has 0 saturated heterocycles. The monoisotopic (exact) mass is 255 g/mol. The van der Waals surface area contributed by atoms with Gasteiger partial charge in [0.1, 0.15) is 17.0 Å². The lowest BCUT2D eigenvalue weighted by molar-refractivity contribution is 0.639. The standard InChI is InChI=1S/C11H14ClN3S/c1-7-4-8-9(15-11(2,3)5-12)13-6-14-10(8)16-7/h4,6H,5H2,1-3H3,(H,13,14,15). The number of aromatic nitrogens is 2. The summed E-state index contributed by atoms with van der Waals surface area (Å²) in [6, 6.07) is 2.10. The van der Waals surface area contributed by atoms with E-state index in [0.29, 0.717) is 5.88 Å². The molecule has 0 amide bonds. The average Bonchev–Trinajstić information content (AvgIpc) is 2.59. The maximum Gasteiger partial charge on any atom is 0.138 e. The Morgan fingerprint density at radius 2 is 2.19 bits per heavy atom. The molecule has 1 N–H and O–H groups in total. The van der Waals surface area contributed by atoms with Crippen molar-refractivity contribution in [3.63, 3.8) is 0 Å². The second kappa shape index (κ2) is 4.18. The Kier molecular flexibility index (Phi) is 3.04. The minimum absolute atomic E-state index is 0.168. The van der Waals surface area contributed by atoms with Crippen LogP contribution in [-0.2, 0) is 0 Å². The van der Waals surface area contributed by atoms with E-state index in [1.54, 1.807) is 17.7 Å². The van der Waals surface area contributed by atoms with Crippen LogP contribution in [0.25, 0.3) is 10.2 Å². The Bertz CT molecular complexity index is 507. The van der Waals surface area contributed by atoms with E-state index in [2.05, 4.69) is 28.3 Å². The van der Waals surface area contributed by atoms with Crippen LogP contribution in [0.15, 0.2) is 12.4 Å². The molecule has 2 rings (SSSR count). The highest BCUT2D eigenvalue weighted by molar-refractivity contribution is 7.18. The number of hydrogen-bond acceptors (Lipinski definition) is 4. The predicted octanol–water partition coefficient (Wildman–Crippen LogP) is 3.43. The van der Waals surface area contributed by atoms with Crippen molar-refractivity contribution in [3.8, 4) is 0 Å². The molecule has 0 unspecified atom stereocenters. The van der Waals surface area contributed by atoms with Crippen molar-refractivity contribution < 1.29 is 0 Å². The van der Waals surface area contributed by atoms with E-state index in [-0.39, 0.29) is 5.54 Å². The van der Waals surface area contributed by atoms with Crippen molar-refractivity contribution in [2.45, 2.75) is 26.3 Å². The predicted molar refractivity (Wildman–Crippen MR) is 70.6 cm³/mol. The fraction of sp³-hybridized carbons (Fsp3) is 0.455. The summed E-state index contributed by atoms with van der Waals surface area (Å²) in [6.45, 7) is 6.17. The van der Waals surface area contributed by atoms with Gasteiger partial charge in [-0.3, -0.25) is 0 Å².